The summed E-state index contributed by atoms with van der Waals surface area (Å²) in [6, 6.07) is 27.0. The van der Waals surface area contributed by atoms with Gasteiger partial charge in [-0.15, -0.1) is 0 Å². The van der Waals surface area contributed by atoms with Gasteiger partial charge in [0.05, 0.1) is 15.6 Å². The summed E-state index contributed by atoms with van der Waals surface area (Å²) < 4.78 is 6.61. The molecule has 1 fully saturated rings. The number of thioether (sulfide) groups is 1. The average molecular weight is 522 g/mol. The quantitative estimate of drug-likeness (QED) is 0.196. The molecular formula is C27H17Cl2NO2S2. The van der Waals surface area contributed by atoms with E-state index in [0.717, 1.165) is 16.5 Å². The number of nitrogens with zero attached hydrogens (tertiary/aromatic N) is 1. The molecule has 0 spiro atoms. The molecule has 0 aromatic heterocycles. The normalized spacial score (nSPS) is 14.9. The minimum Gasteiger partial charge on any atom is -0.488 e. The van der Waals surface area contributed by atoms with Gasteiger partial charge >= 0.3 is 0 Å². The number of ether oxygens (including phenoxy) is 1. The number of hydrogen-bond donors (Lipinski definition) is 0. The fourth-order valence-electron chi connectivity index (χ4n) is 3.78. The molecular weight excluding hydrogens is 505 g/mol. The molecule has 0 aliphatic carbocycles. The van der Waals surface area contributed by atoms with Crippen LogP contribution in [0.5, 0.6) is 5.75 Å². The van der Waals surface area contributed by atoms with Gasteiger partial charge in [0.2, 0.25) is 0 Å². The largest absolute Gasteiger partial charge is 0.488 e. The van der Waals surface area contributed by atoms with Gasteiger partial charge in [0.1, 0.15) is 12.4 Å². The smallest absolute Gasteiger partial charge is 0.270 e. The Morgan fingerprint density at radius 2 is 1.71 bits per heavy atom. The minimum absolute atomic E-state index is 0.233. The summed E-state index contributed by atoms with van der Waals surface area (Å²) in [7, 11) is 0. The number of hydrogen-bond acceptors (Lipinski definition) is 4. The molecule has 168 valence electrons. The van der Waals surface area contributed by atoms with E-state index in [0.29, 0.717) is 37.3 Å². The Hall–Kier alpha value is -2.83. The molecule has 0 unspecified atom stereocenters. The fourth-order valence-corrected chi connectivity index (χ4v) is 5.55. The highest BCUT2D eigenvalue weighted by Crippen LogP contribution is 2.40. The van der Waals surface area contributed by atoms with Gasteiger partial charge in [0, 0.05) is 10.6 Å². The predicted octanol–water partition coefficient (Wildman–Crippen LogP) is 8.13. The molecule has 1 heterocycles. The Bertz CT molecular complexity index is 1460. The second-order valence-electron chi connectivity index (χ2n) is 7.58. The predicted molar refractivity (Wildman–Crippen MR) is 147 cm³/mol. The van der Waals surface area contributed by atoms with E-state index in [4.69, 9.17) is 40.2 Å². The lowest BCUT2D eigenvalue weighted by molar-refractivity contribution is -0.113. The number of carbonyl (C=O) groups is 1. The van der Waals surface area contributed by atoms with E-state index < -0.39 is 0 Å². The average Bonchev–Trinajstić information content (AvgIpc) is 3.11. The van der Waals surface area contributed by atoms with Gasteiger partial charge in [-0.05, 0) is 46.7 Å². The van der Waals surface area contributed by atoms with Crippen LogP contribution < -0.4 is 9.64 Å². The Balaban J connectivity index is 1.41. The van der Waals surface area contributed by atoms with Gasteiger partial charge in [0.25, 0.3) is 5.91 Å². The third-order valence-electron chi connectivity index (χ3n) is 5.41. The molecule has 0 N–H and O–H groups in total. The Morgan fingerprint density at radius 1 is 0.941 bits per heavy atom. The number of halogens is 2. The highest BCUT2D eigenvalue weighted by molar-refractivity contribution is 8.27. The molecule has 4 aromatic rings. The first-order valence-corrected chi connectivity index (χ1v) is 12.4. The Morgan fingerprint density at radius 3 is 2.56 bits per heavy atom. The maximum Gasteiger partial charge on any atom is 0.270 e. The summed E-state index contributed by atoms with van der Waals surface area (Å²) >= 11 is 19.0. The van der Waals surface area contributed by atoms with Gasteiger partial charge in [-0.1, -0.05) is 108 Å². The highest BCUT2D eigenvalue weighted by Gasteiger charge is 2.34. The first kappa shape index (κ1) is 22.9. The van der Waals surface area contributed by atoms with Crippen LogP contribution in [0.2, 0.25) is 10.0 Å². The number of para-hydroxylation sites is 1. The summed E-state index contributed by atoms with van der Waals surface area (Å²) in [5.74, 6) is 0.452. The molecule has 0 radical (unpaired) electrons. The van der Waals surface area contributed by atoms with Gasteiger partial charge < -0.3 is 4.74 Å². The molecule has 34 heavy (non-hydrogen) atoms. The molecule has 1 aliphatic rings. The van der Waals surface area contributed by atoms with Crippen molar-refractivity contribution in [1.82, 2.24) is 0 Å². The van der Waals surface area contributed by atoms with Crippen molar-refractivity contribution in [2.45, 2.75) is 6.61 Å². The molecule has 7 heteroatoms. The highest BCUT2D eigenvalue weighted by atomic mass is 35.5. The zero-order valence-corrected chi connectivity index (χ0v) is 20.8. The van der Waals surface area contributed by atoms with Crippen molar-refractivity contribution in [2.75, 3.05) is 4.90 Å². The van der Waals surface area contributed by atoms with Crippen LogP contribution in [0.15, 0.2) is 89.8 Å². The van der Waals surface area contributed by atoms with E-state index in [1.807, 2.05) is 48.5 Å². The van der Waals surface area contributed by atoms with Crippen molar-refractivity contribution in [2.24, 2.45) is 0 Å². The van der Waals surface area contributed by atoms with Gasteiger partial charge in [-0.3, -0.25) is 9.69 Å². The fraction of sp³-hybridized carbons (Fsp3) is 0.0370. The van der Waals surface area contributed by atoms with E-state index in [-0.39, 0.29) is 5.91 Å². The van der Waals surface area contributed by atoms with Gasteiger partial charge in [0.15, 0.2) is 4.32 Å². The Labute approximate surface area is 216 Å². The summed E-state index contributed by atoms with van der Waals surface area (Å²) in [5, 5.41) is 3.18. The number of anilines is 1. The monoisotopic (exact) mass is 521 g/mol. The zero-order valence-electron chi connectivity index (χ0n) is 17.7. The topological polar surface area (TPSA) is 29.5 Å². The van der Waals surface area contributed by atoms with Crippen LogP contribution in [0.3, 0.4) is 0 Å². The zero-order chi connectivity index (χ0) is 23.7. The SMILES string of the molecule is O=C1/C(=C\c2ccccc2OCc2cccc3ccccc23)SC(=S)N1c1ccc(Cl)cc1Cl. The summed E-state index contributed by atoms with van der Waals surface area (Å²) in [6.07, 6.45) is 1.81. The molecule has 1 saturated heterocycles. The Kier molecular flexibility index (Phi) is 6.61. The molecule has 1 amide bonds. The lowest BCUT2D eigenvalue weighted by Crippen LogP contribution is -2.27. The molecule has 5 rings (SSSR count). The maximum atomic E-state index is 13.2. The standard InChI is InChI=1S/C27H17Cl2NO2S2/c28-20-12-13-23(22(29)15-20)30-26(31)25(34-27(30)33)14-18-7-2-4-11-24(18)32-16-19-9-5-8-17-6-1-3-10-21(17)19/h1-15H,16H2/b25-14+. The van der Waals surface area contributed by atoms with Crippen molar-refractivity contribution >= 4 is 79.9 Å². The first-order chi connectivity index (χ1) is 16.5. The van der Waals surface area contributed by atoms with Gasteiger partial charge in [-0.25, -0.2) is 0 Å². The second kappa shape index (κ2) is 9.80. The van der Waals surface area contributed by atoms with Gasteiger partial charge in [-0.2, -0.15) is 0 Å². The van der Waals surface area contributed by atoms with Crippen molar-refractivity contribution in [1.29, 1.82) is 0 Å². The van der Waals surface area contributed by atoms with E-state index in [9.17, 15) is 4.79 Å². The number of amides is 1. The maximum absolute atomic E-state index is 13.2. The van der Waals surface area contributed by atoms with E-state index in [1.165, 1.54) is 22.0 Å². The summed E-state index contributed by atoms with van der Waals surface area (Å²) in [4.78, 5) is 15.1. The molecule has 0 saturated carbocycles. The van der Waals surface area contributed by atoms with Crippen molar-refractivity contribution in [3.63, 3.8) is 0 Å². The number of thiocarbonyl (C=S) groups is 1. The molecule has 0 bridgehead atoms. The van der Waals surface area contributed by atoms with Crippen molar-refractivity contribution in [3.8, 4) is 5.75 Å². The van der Waals surface area contributed by atoms with Crippen molar-refractivity contribution < 1.29 is 9.53 Å². The molecule has 4 aromatic carbocycles. The van der Waals surface area contributed by atoms with Crippen molar-refractivity contribution in [3.05, 3.63) is 111 Å². The van der Waals surface area contributed by atoms with Crippen LogP contribution in [-0.2, 0) is 11.4 Å². The van der Waals surface area contributed by atoms with Crippen LogP contribution in [0, 0.1) is 0 Å². The number of carbonyl (C=O) groups excluding carboxylic acids is 1. The number of benzene rings is 4. The molecule has 0 atom stereocenters. The molecule has 3 nitrogen and oxygen atoms in total. The third-order valence-corrected chi connectivity index (χ3v) is 7.25. The summed E-state index contributed by atoms with van der Waals surface area (Å²) in [5.41, 5.74) is 2.40. The molecule has 1 aliphatic heterocycles. The van der Waals surface area contributed by atoms with Crippen LogP contribution in [0.1, 0.15) is 11.1 Å². The number of rotatable bonds is 5. The van der Waals surface area contributed by atoms with Crippen LogP contribution >= 0.6 is 47.2 Å². The van der Waals surface area contributed by atoms with E-state index in [1.54, 1.807) is 18.2 Å². The first-order valence-electron chi connectivity index (χ1n) is 10.4. The second-order valence-corrected chi connectivity index (χ2v) is 10.1. The summed E-state index contributed by atoms with van der Waals surface area (Å²) in [6.45, 7) is 0.410. The third kappa shape index (κ3) is 4.57. The van der Waals surface area contributed by atoms with Crippen LogP contribution in [0.25, 0.3) is 16.8 Å². The van der Waals surface area contributed by atoms with Crippen LogP contribution in [0.4, 0.5) is 5.69 Å². The van der Waals surface area contributed by atoms with E-state index in [2.05, 4.69) is 24.3 Å². The lowest BCUT2D eigenvalue weighted by Gasteiger charge is -2.16. The number of fused-ring (bicyclic) bond motifs is 1. The van der Waals surface area contributed by atoms with Crippen LogP contribution in [-0.4, -0.2) is 10.2 Å². The minimum atomic E-state index is -0.233. The lowest BCUT2D eigenvalue weighted by atomic mass is 10.1. The van der Waals surface area contributed by atoms with E-state index >= 15 is 0 Å².